The molecular formula is C17H22N6S. The van der Waals surface area contributed by atoms with Crippen molar-refractivity contribution in [3.8, 4) is 5.69 Å². The van der Waals surface area contributed by atoms with E-state index in [-0.39, 0.29) is 0 Å². The highest BCUT2D eigenvalue weighted by molar-refractivity contribution is 7.98. The lowest BCUT2D eigenvalue weighted by Gasteiger charge is -2.12. The summed E-state index contributed by atoms with van der Waals surface area (Å²) in [7, 11) is 0. The van der Waals surface area contributed by atoms with Gasteiger partial charge in [0.25, 0.3) is 0 Å². The Bertz CT molecular complexity index is 806. The van der Waals surface area contributed by atoms with Gasteiger partial charge >= 0.3 is 0 Å². The van der Waals surface area contributed by atoms with Crippen LogP contribution in [0.1, 0.15) is 31.1 Å². The van der Waals surface area contributed by atoms with E-state index in [0.29, 0.717) is 11.7 Å². The number of para-hydroxylation sites is 1. The highest BCUT2D eigenvalue weighted by Gasteiger charge is 2.15. The van der Waals surface area contributed by atoms with E-state index in [2.05, 4.69) is 47.8 Å². The number of hydrogen-bond acceptors (Lipinski definition) is 5. The molecule has 2 heterocycles. The lowest BCUT2D eigenvalue weighted by Crippen LogP contribution is -2.08. The first-order valence-electron chi connectivity index (χ1n) is 8.05. The zero-order valence-corrected chi connectivity index (χ0v) is 15.3. The number of aromatic nitrogens is 6. The van der Waals surface area contributed by atoms with Crippen LogP contribution < -0.4 is 0 Å². The second kappa shape index (κ2) is 7.17. The van der Waals surface area contributed by atoms with Crippen molar-refractivity contribution in [3.63, 3.8) is 0 Å². The summed E-state index contributed by atoms with van der Waals surface area (Å²) in [5.74, 6) is 2.07. The van der Waals surface area contributed by atoms with Gasteiger partial charge in [-0.2, -0.15) is 4.68 Å². The maximum Gasteiger partial charge on any atom is 0.168 e. The van der Waals surface area contributed by atoms with Crippen LogP contribution in [0.2, 0.25) is 0 Å². The zero-order chi connectivity index (χ0) is 17.1. The fraction of sp³-hybridized carbons (Fsp3) is 0.412. The van der Waals surface area contributed by atoms with E-state index in [9.17, 15) is 0 Å². The van der Waals surface area contributed by atoms with Crippen LogP contribution in [0, 0.1) is 19.8 Å². The summed E-state index contributed by atoms with van der Waals surface area (Å²) in [5, 5.41) is 13.1. The molecule has 0 saturated heterocycles. The first-order valence-corrected chi connectivity index (χ1v) is 9.04. The van der Waals surface area contributed by atoms with E-state index in [1.807, 2.05) is 30.3 Å². The van der Waals surface area contributed by atoms with E-state index < -0.39 is 0 Å². The Hall–Kier alpha value is -2.15. The van der Waals surface area contributed by atoms with Gasteiger partial charge < -0.3 is 4.57 Å². The van der Waals surface area contributed by atoms with Crippen LogP contribution in [-0.4, -0.2) is 29.8 Å². The Labute approximate surface area is 146 Å². The van der Waals surface area contributed by atoms with Gasteiger partial charge in [-0.15, -0.1) is 5.10 Å². The third-order valence-electron chi connectivity index (χ3n) is 3.84. The molecule has 6 nitrogen and oxygen atoms in total. The second-order valence-corrected chi connectivity index (χ2v) is 7.14. The number of rotatable bonds is 6. The minimum Gasteiger partial charge on any atom is -0.323 e. The average Bonchev–Trinajstić information content (AvgIpc) is 3.13. The highest BCUT2D eigenvalue weighted by atomic mass is 32.2. The van der Waals surface area contributed by atoms with E-state index in [1.54, 1.807) is 16.4 Å². The summed E-state index contributed by atoms with van der Waals surface area (Å²) < 4.78 is 4.07. The topological polar surface area (TPSA) is 61.4 Å². The molecular weight excluding hydrogens is 320 g/mol. The Morgan fingerprint density at radius 2 is 1.88 bits per heavy atom. The fourth-order valence-corrected chi connectivity index (χ4v) is 3.52. The normalized spacial score (nSPS) is 11.4. The van der Waals surface area contributed by atoms with Crippen molar-refractivity contribution >= 4 is 11.8 Å². The van der Waals surface area contributed by atoms with Crippen molar-refractivity contribution in [2.24, 2.45) is 5.92 Å². The predicted molar refractivity (Wildman–Crippen MR) is 95.3 cm³/mol. The Morgan fingerprint density at radius 3 is 2.58 bits per heavy atom. The van der Waals surface area contributed by atoms with Crippen LogP contribution in [0.4, 0.5) is 0 Å². The number of imidazole rings is 1. The van der Waals surface area contributed by atoms with Gasteiger partial charge in [0.1, 0.15) is 0 Å². The molecule has 0 aliphatic rings. The molecule has 0 spiro atoms. The van der Waals surface area contributed by atoms with Crippen molar-refractivity contribution in [3.05, 3.63) is 47.5 Å². The van der Waals surface area contributed by atoms with E-state index in [0.717, 1.165) is 28.9 Å². The molecule has 0 radical (unpaired) electrons. The number of nitrogens with zero attached hydrogens (tertiary/aromatic N) is 6. The third-order valence-corrected chi connectivity index (χ3v) is 4.81. The molecule has 0 aliphatic heterocycles. The Kier molecular flexibility index (Phi) is 4.99. The van der Waals surface area contributed by atoms with E-state index in [1.165, 1.54) is 5.69 Å². The molecule has 24 heavy (non-hydrogen) atoms. The van der Waals surface area contributed by atoms with Crippen LogP contribution >= 0.6 is 11.8 Å². The quantitative estimate of drug-likeness (QED) is 0.642. The molecule has 7 heteroatoms. The minimum atomic E-state index is 0.575. The van der Waals surface area contributed by atoms with Gasteiger partial charge in [0.15, 0.2) is 11.0 Å². The maximum absolute atomic E-state index is 4.71. The molecule has 0 amide bonds. The van der Waals surface area contributed by atoms with Gasteiger partial charge in [-0.05, 0) is 42.3 Å². The van der Waals surface area contributed by atoms with Gasteiger partial charge in [-0.3, -0.25) is 0 Å². The van der Waals surface area contributed by atoms with E-state index in [4.69, 9.17) is 4.98 Å². The zero-order valence-electron chi connectivity index (χ0n) is 14.5. The lowest BCUT2D eigenvalue weighted by atomic mass is 10.2. The highest BCUT2D eigenvalue weighted by Crippen LogP contribution is 2.25. The van der Waals surface area contributed by atoms with Gasteiger partial charge in [0, 0.05) is 12.2 Å². The molecule has 0 fully saturated rings. The first kappa shape index (κ1) is 16.7. The summed E-state index contributed by atoms with van der Waals surface area (Å²) in [4.78, 5) is 4.71. The summed E-state index contributed by atoms with van der Waals surface area (Å²) in [6.45, 7) is 9.60. The van der Waals surface area contributed by atoms with Crippen LogP contribution in [0.15, 0.2) is 35.5 Å². The molecule has 0 aliphatic carbocycles. The monoisotopic (exact) mass is 342 g/mol. The van der Waals surface area contributed by atoms with Crippen LogP contribution in [0.5, 0.6) is 0 Å². The molecule has 1 aromatic carbocycles. The summed E-state index contributed by atoms with van der Waals surface area (Å²) >= 11 is 1.68. The number of benzene rings is 1. The van der Waals surface area contributed by atoms with Crippen LogP contribution in [-0.2, 0) is 12.3 Å². The molecule has 0 N–H and O–H groups in total. The SMILES string of the molecule is Cc1nc(SCc2nnnn2-c2ccccc2)n(CC(C)C)c1C. The van der Waals surface area contributed by atoms with Crippen LogP contribution in [0.25, 0.3) is 5.69 Å². The summed E-state index contributed by atoms with van der Waals surface area (Å²) in [5.41, 5.74) is 3.28. The Balaban J connectivity index is 1.80. The van der Waals surface area contributed by atoms with Crippen molar-refractivity contribution < 1.29 is 0 Å². The standard InChI is InChI=1S/C17H22N6S/c1-12(2)10-22-14(4)13(3)18-17(22)24-11-16-19-20-21-23(16)15-8-6-5-7-9-15/h5-9,12H,10-11H2,1-4H3. The van der Waals surface area contributed by atoms with Crippen LogP contribution in [0.3, 0.4) is 0 Å². The smallest absolute Gasteiger partial charge is 0.168 e. The molecule has 0 bridgehead atoms. The molecule has 0 unspecified atom stereocenters. The van der Waals surface area contributed by atoms with Gasteiger partial charge in [0.2, 0.25) is 0 Å². The van der Waals surface area contributed by atoms with Crippen molar-refractivity contribution in [1.82, 2.24) is 29.8 Å². The van der Waals surface area contributed by atoms with Crippen molar-refractivity contribution in [2.75, 3.05) is 0 Å². The molecule has 126 valence electrons. The fourth-order valence-electron chi connectivity index (χ4n) is 2.51. The number of tetrazole rings is 1. The molecule has 0 saturated carbocycles. The van der Waals surface area contributed by atoms with Crippen molar-refractivity contribution in [2.45, 2.75) is 45.1 Å². The number of hydrogen-bond donors (Lipinski definition) is 0. The molecule has 3 rings (SSSR count). The summed E-state index contributed by atoms with van der Waals surface area (Å²) in [6.07, 6.45) is 0. The molecule has 0 atom stereocenters. The third kappa shape index (κ3) is 3.51. The number of aryl methyl sites for hydroxylation is 1. The minimum absolute atomic E-state index is 0.575. The lowest BCUT2D eigenvalue weighted by molar-refractivity contribution is 0.486. The summed E-state index contributed by atoms with van der Waals surface area (Å²) in [6, 6.07) is 9.94. The maximum atomic E-state index is 4.71. The molecule has 2 aromatic heterocycles. The Morgan fingerprint density at radius 1 is 1.12 bits per heavy atom. The first-order chi connectivity index (χ1) is 11.6. The average molecular weight is 342 g/mol. The second-order valence-electron chi connectivity index (χ2n) is 6.20. The number of thioether (sulfide) groups is 1. The predicted octanol–water partition coefficient (Wildman–Crippen LogP) is 3.42. The largest absolute Gasteiger partial charge is 0.323 e. The molecule has 3 aromatic rings. The van der Waals surface area contributed by atoms with Gasteiger partial charge in [0.05, 0.1) is 17.1 Å². The van der Waals surface area contributed by atoms with E-state index >= 15 is 0 Å². The van der Waals surface area contributed by atoms with Gasteiger partial charge in [-0.25, -0.2) is 4.98 Å². The van der Waals surface area contributed by atoms with Crippen molar-refractivity contribution in [1.29, 1.82) is 0 Å². The van der Waals surface area contributed by atoms with Gasteiger partial charge in [-0.1, -0.05) is 43.8 Å².